The van der Waals surface area contributed by atoms with Gasteiger partial charge in [-0.2, -0.15) is 0 Å². The highest BCUT2D eigenvalue weighted by molar-refractivity contribution is 6.30. The van der Waals surface area contributed by atoms with Gasteiger partial charge in [-0.1, -0.05) is 23.7 Å². The van der Waals surface area contributed by atoms with E-state index in [1.807, 2.05) is 6.92 Å². The number of fused-ring (bicyclic) bond motifs is 1. The predicted octanol–water partition coefficient (Wildman–Crippen LogP) is 3.44. The number of nitrogens with zero attached hydrogens (tertiary/aromatic N) is 2. The maximum Gasteiger partial charge on any atom is 0.280 e. The van der Waals surface area contributed by atoms with Crippen LogP contribution in [0.4, 0.5) is 0 Å². The summed E-state index contributed by atoms with van der Waals surface area (Å²) in [5.74, 6) is -0.489. The van der Waals surface area contributed by atoms with E-state index in [4.69, 9.17) is 17.3 Å². The number of benzene rings is 2. The lowest BCUT2D eigenvalue weighted by atomic mass is 10.0. The van der Waals surface area contributed by atoms with Crippen molar-refractivity contribution < 1.29 is 4.79 Å². The summed E-state index contributed by atoms with van der Waals surface area (Å²) in [6, 6.07) is 13.9. The summed E-state index contributed by atoms with van der Waals surface area (Å²) >= 11 is 5.94. The van der Waals surface area contributed by atoms with Gasteiger partial charge in [-0.05, 0) is 48.9 Å². The Kier molecular flexibility index (Phi) is 4.05. The lowest BCUT2D eigenvalue weighted by Gasteiger charge is -2.07. The van der Waals surface area contributed by atoms with Gasteiger partial charge in [0.05, 0.1) is 16.6 Å². The van der Waals surface area contributed by atoms with Gasteiger partial charge < -0.3 is 5.73 Å². The van der Waals surface area contributed by atoms with Gasteiger partial charge in [0.15, 0.2) is 0 Å². The monoisotopic (exact) mass is 378 g/mol. The molecule has 0 saturated heterocycles. The smallest absolute Gasteiger partial charge is 0.280 e. The number of pyridine rings is 1. The fourth-order valence-corrected chi connectivity index (χ4v) is 3.22. The van der Waals surface area contributed by atoms with Crippen molar-refractivity contribution in [1.29, 1.82) is 0 Å². The van der Waals surface area contributed by atoms with E-state index in [0.717, 1.165) is 16.8 Å². The molecule has 0 fully saturated rings. The molecule has 2 heterocycles. The highest BCUT2D eigenvalue weighted by Crippen LogP contribution is 2.29. The molecule has 27 heavy (non-hydrogen) atoms. The molecular formula is C20H15ClN4O2. The molecule has 0 radical (unpaired) electrons. The zero-order chi connectivity index (χ0) is 19.1. The number of primary amides is 1. The third-order valence-corrected chi connectivity index (χ3v) is 4.72. The minimum Gasteiger partial charge on any atom is -0.366 e. The number of carbonyl (C=O) groups excluding carboxylic acids is 1. The molecule has 7 heteroatoms. The van der Waals surface area contributed by atoms with Crippen molar-refractivity contribution in [3.63, 3.8) is 0 Å². The fraction of sp³-hybridized carbons (Fsp3) is 0.0500. The lowest BCUT2D eigenvalue weighted by Crippen LogP contribution is -2.14. The summed E-state index contributed by atoms with van der Waals surface area (Å²) in [6.45, 7) is 1.87. The maximum absolute atomic E-state index is 12.8. The highest BCUT2D eigenvalue weighted by Gasteiger charge is 2.16. The van der Waals surface area contributed by atoms with E-state index in [-0.39, 0.29) is 5.56 Å². The van der Waals surface area contributed by atoms with Crippen LogP contribution in [0.3, 0.4) is 0 Å². The molecule has 0 bridgehead atoms. The van der Waals surface area contributed by atoms with Crippen LogP contribution in [0, 0.1) is 6.92 Å². The summed E-state index contributed by atoms with van der Waals surface area (Å²) in [6.07, 6.45) is 1.57. The second-order valence-electron chi connectivity index (χ2n) is 6.18. The van der Waals surface area contributed by atoms with Crippen molar-refractivity contribution in [1.82, 2.24) is 14.8 Å². The zero-order valence-corrected chi connectivity index (χ0v) is 15.1. The zero-order valence-electron chi connectivity index (χ0n) is 14.4. The van der Waals surface area contributed by atoms with Crippen LogP contribution < -0.4 is 11.3 Å². The van der Waals surface area contributed by atoms with Crippen LogP contribution in [-0.4, -0.2) is 20.7 Å². The van der Waals surface area contributed by atoms with E-state index in [9.17, 15) is 9.59 Å². The average Bonchev–Trinajstić information content (AvgIpc) is 2.99. The Morgan fingerprint density at radius 3 is 2.41 bits per heavy atom. The SMILES string of the molecule is Cc1ncc2c(=O)n(-c3ccc(Cl)cc3)[nH]c2c1-c1ccc(C(N)=O)cc1. The summed E-state index contributed by atoms with van der Waals surface area (Å²) in [4.78, 5) is 28.5. The molecular weight excluding hydrogens is 364 g/mol. The molecule has 0 aliphatic rings. The van der Waals surface area contributed by atoms with E-state index in [1.54, 1.807) is 54.7 Å². The molecule has 4 aromatic rings. The Hall–Kier alpha value is -3.38. The van der Waals surface area contributed by atoms with Crippen molar-refractivity contribution in [3.05, 3.63) is 81.4 Å². The summed E-state index contributed by atoms with van der Waals surface area (Å²) in [7, 11) is 0. The third-order valence-electron chi connectivity index (χ3n) is 4.47. The van der Waals surface area contributed by atoms with Gasteiger partial charge >= 0.3 is 0 Å². The van der Waals surface area contributed by atoms with Gasteiger partial charge in [0.1, 0.15) is 0 Å². The Bertz CT molecular complexity index is 1220. The second kappa shape index (κ2) is 6.41. The first kappa shape index (κ1) is 17.1. The fourth-order valence-electron chi connectivity index (χ4n) is 3.09. The van der Waals surface area contributed by atoms with Crippen molar-refractivity contribution in [2.45, 2.75) is 6.92 Å². The van der Waals surface area contributed by atoms with Crippen molar-refractivity contribution in [3.8, 4) is 16.8 Å². The van der Waals surface area contributed by atoms with Gasteiger partial charge in [-0.15, -0.1) is 0 Å². The van der Waals surface area contributed by atoms with E-state index in [2.05, 4.69) is 10.1 Å². The number of aromatic nitrogens is 3. The van der Waals surface area contributed by atoms with E-state index in [0.29, 0.717) is 27.2 Å². The number of H-pyrrole nitrogens is 1. The van der Waals surface area contributed by atoms with Crippen LogP contribution in [0.5, 0.6) is 0 Å². The summed E-state index contributed by atoms with van der Waals surface area (Å²) in [5, 5.41) is 4.24. The Morgan fingerprint density at radius 1 is 1.11 bits per heavy atom. The predicted molar refractivity (Wildman–Crippen MR) is 105 cm³/mol. The number of hydrogen-bond donors (Lipinski definition) is 2. The van der Waals surface area contributed by atoms with Gasteiger partial charge in [-0.25, -0.2) is 4.68 Å². The van der Waals surface area contributed by atoms with Crippen molar-refractivity contribution in [2.75, 3.05) is 0 Å². The lowest BCUT2D eigenvalue weighted by molar-refractivity contribution is 0.100. The number of rotatable bonds is 3. The van der Waals surface area contributed by atoms with Gasteiger partial charge in [-0.3, -0.25) is 19.7 Å². The Balaban J connectivity index is 1.94. The van der Waals surface area contributed by atoms with E-state index in [1.165, 1.54) is 4.68 Å². The third kappa shape index (κ3) is 2.90. The molecule has 6 nitrogen and oxygen atoms in total. The van der Waals surface area contributed by atoms with Crippen molar-refractivity contribution in [2.24, 2.45) is 5.73 Å². The summed E-state index contributed by atoms with van der Waals surface area (Å²) < 4.78 is 1.46. The first-order valence-corrected chi connectivity index (χ1v) is 8.60. The molecule has 0 unspecified atom stereocenters. The molecule has 0 saturated carbocycles. The maximum atomic E-state index is 12.8. The first-order chi connectivity index (χ1) is 13.0. The van der Waals surface area contributed by atoms with Gasteiger partial charge in [0, 0.05) is 28.0 Å². The number of aryl methyl sites for hydroxylation is 1. The van der Waals surface area contributed by atoms with Crippen LogP contribution in [0.25, 0.3) is 27.7 Å². The van der Waals surface area contributed by atoms with Gasteiger partial charge in [0.25, 0.3) is 5.56 Å². The molecule has 2 aromatic heterocycles. The molecule has 2 aromatic carbocycles. The first-order valence-electron chi connectivity index (χ1n) is 8.22. The molecule has 134 valence electrons. The molecule has 0 aliphatic heterocycles. The molecule has 3 N–H and O–H groups in total. The van der Waals surface area contributed by atoms with Gasteiger partial charge in [0.2, 0.25) is 5.91 Å². The number of nitrogens with two attached hydrogens (primary N) is 1. The number of nitrogens with one attached hydrogen (secondary N) is 1. The second-order valence-corrected chi connectivity index (χ2v) is 6.61. The Labute approximate surface area is 159 Å². The molecule has 0 aliphatic carbocycles. The minimum atomic E-state index is -0.489. The van der Waals surface area contributed by atoms with Crippen LogP contribution in [-0.2, 0) is 0 Å². The minimum absolute atomic E-state index is 0.199. The number of aromatic amines is 1. The normalized spacial score (nSPS) is 11.0. The molecule has 4 rings (SSSR count). The summed E-state index contributed by atoms with van der Waals surface area (Å²) in [5.41, 5.74) is 9.28. The van der Waals surface area contributed by atoms with Crippen LogP contribution >= 0.6 is 11.6 Å². The van der Waals surface area contributed by atoms with E-state index < -0.39 is 5.91 Å². The van der Waals surface area contributed by atoms with Crippen LogP contribution in [0.1, 0.15) is 16.1 Å². The van der Waals surface area contributed by atoms with E-state index >= 15 is 0 Å². The number of halogens is 1. The number of carbonyl (C=O) groups is 1. The topological polar surface area (TPSA) is 93.8 Å². The van der Waals surface area contributed by atoms with Crippen molar-refractivity contribution >= 4 is 28.4 Å². The van der Waals surface area contributed by atoms with Crippen LogP contribution in [0.2, 0.25) is 5.02 Å². The molecule has 0 atom stereocenters. The number of amides is 1. The number of hydrogen-bond acceptors (Lipinski definition) is 3. The Morgan fingerprint density at radius 2 is 1.78 bits per heavy atom. The quantitative estimate of drug-likeness (QED) is 0.571. The standard InChI is InChI=1S/C20H15ClN4O2/c1-11-17(12-2-4-13(5-3-12)19(22)26)18-16(10-23-11)20(27)25(24-18)15-8-6-14(21)7-9-15/h2-10,24H,1H3,(H2,22,26). The largest absolute Gasteiger partial charge is 0.366 e. The average molecular weight is 379 g/mol. The molecule has 0 spiro atoms. The highest BCUT2D eigenvalue weighted by atomic mass is 35.5. The van der Waals surface area contributed by atoms with Crippen LogP contribution in [0.15, 0.2) is 59.5 Å². The molecule has 1 amide bonds.